The van der Waals surface area contributed by atoms with E-state index in [2.05, 4.69) is 10.2 Å². The summed E-state index contributed by atoms with van der Waals surface area (Å²) in [6.07, 6.45) is 2.79. The third-order valence-corrected chi connectivity index (χ3v) is 6.92. The molecule has 2 unspecified atom stereocenters. The molecule has 3 atom stereocenters. The largest absolute Gasteiger partial charge is 0.508 e. The van der Waals surface area contributed by atoms with Crippen LogP contribution in [0.2, 0.25) is 0 Å². The van der Waals surface area contributed by atoms with Crippen molar-refractivity contribution in [1.29, 1.82) is 0 Å². The first kappa shape index (κ1) is 21.4. The lowest BCUT2D eigenvalue weighted by Gasteiger charge is -2.59. The molecule has 6 nitrogen and oxygen atoms in total. The summed E-state index contributed by atoms with van der Waals surface area (Å²) in [4.78, 5) is 27.2. The van der Waals surface area contributed by atoms with E-state index in [-0.39, 0.29) is 23.7 Å². The Morgan fingerprint density at radius 3 is 2.61 bits per heavy atom. The summed E-state index contributed by atoms with van der Waals surface area (Å²) in [5.41, 5.74) is 0.402. The smallest absolute Gasteiger partial charge is 0.303 e. The number of likely N-dealkylation sites (tertiary alicyclic amines) is 1. The normalized spacial score (nSPS) is 28.4. The fraction of sp³-hybridized carbons (Fsp3) is 0.440. The Kier molecular flexibility index (Phi) is 5.75. The van der Waals surface area contributed by atoms with E-state index in [0.29, 0.717) is 24.9 Å². The first-order valence-electron chi connectivity index (χ1n) is 10.9. The Bertz CT molecular complexity index is 963. The predicted octanol–water partition coefficient (Wildman–Crippen LogP) is 3.25. The van der Waals surface area contributed by atoms with Gasteiger partial charge < -0.3 is 20.1 Å². The maximum Gasteiger partial charge on any atom is 0.303 e. The number of carbonyl (C=O) groups is 2. The number of phenolic OH excluding ortho intramolecular Hbond substituents is 1. The van der Waals surface area contributed by atoms with Crippen LogP contribution < -0.4 is 5.32 Å². The highest BCUT2D eigenvalue weighted by Crippen LogP contribution is 2.53. The number of nitrogens with zero attached hydrogens (tertiary/aromatic N) is 1. The number of hydrogen-bond donors (Lipinski definition) is 2. The lowest BCUT2D eigenvalue weighted by Crippen LogP contribution is -2.68. The molecule has 1 amide bonds. The van der Waals surface area contributed by atoms with E-state index in [1.165, 1.54) is 6.92 Å². The summed E-state index contributed by atoms with van der Waals surface area (Å²) in [6, 6.07) is 16.4. The summed E-state index contributed by atoms with van der Waals surface area (Å²) in [5, 5.41) is 13.4. The van der Waals surface area contributed by atoms with E-state index < -0.39 is 11.0 Å². The van der Waals surface area contributed by atoms with Gasteiger partial charge in [-0.2, -0.15) is 0 Å². The van der Waals surface area contributed by atoms with Crippen molar-refractivity contribution in [2.45, 2.75) is 49.7 Å². The average Bonchev–Trinajstić information content (AvgIpc) is 2.74. The minimum absolute atomic E-state index is 0.0536. The molecule has 1 heterocycles. The molecule has 2 fully saturated rings. The molecule has 4 rings (SSSR count). The first-order chi connectivity index (χ1) is 14.8. The molecule has 0 spiro atoms. The Balaban J connectivity index is 1.71. The third kappa shape index (κ3) is 4.04. The minimum Gasteiger partial charge on any atom is -0.508 e. The number of phenols is 1. The molecule has 2 N–H and O–H groups in total. The number of likely N-dealkylation sites (N-methyl/N-ethyl adjacent to an activating group) is 1. The lowest BCUT2D eigenvalue weighted by atomic mass is 9.55. The molecule has 1 aliphatic heterocycles. The molecule has 0 aromatic heterocycles. The van der Waals surface area contributed by atoms with Crippen molar-refractivity contribution in [3.63, 3.8) is 0 Å². The first-order valence-corrected chi connectivity index (χ1v) is 10.9. The highest BCUT2D eigenvalue weighted by atomic mass is 16.6. The van der Waals surface area contributed by atoms with Gasteiger partial charge in [-0.15, -0.1) is 0 Å². The van der Waals surface area contributed by atoms with Crippen LogP contribution in [0.3, 0.4) is 0 Å². The number of amides is 1. The number of fused-ring (bicyclic) bond motifs is 1. The second-order valence-corrected chi connectivity index (χ2v) is 8.99. The lowest BCUT2D eigenvalue weighted by molar-refractivity contribution is -0.185. The van der Waals surface area contributed by atoms with Crippen molar-refractivity contribution < 1.29 is 19.4 Å². The number of piperidine rings is 1. The summed E-state index contributed by atoms with van der Waals surface area (Å²) >= 11 is 0. The van der Waals surface area contributed by atoms with Crippen LogP contribution in [0.5, 0.6) is 5.75 Å². The molecule has 2 aliphatic rings. The minimum atomic E-state index is -0.701. The number of hydrogen-bond acceptors (Lipinski definition) is 5. The zero-order valence-electron chi connectivity index (χ0n) is 18.1. The van der Waals surface area contributed by atoms with Crippen molar-refractivity contribution >= 4 is 11.9 Å². The summed E-state index contributed by atoms with van der Waals surface area (Å²) < 4.78 is 6.11. The van der Waals surface area contributed by atoms with Gasteiger partial charge in [0.1, 0.15) is 11.4 Å². The summed E-state index contributed by atoms with van der Waals surface area (Å²) in [5.74, 6) is -0.200. The van der Waals surface area contributed by atoms with Crippen LogP contribution in [0.1, 0.15) is 48.5 Å². The Labute approximate surface area is 183 Å². The van der Waals surface area contributed by atoms with Crippen LogP contribution in [0.15, 0.2) is 54.6 Å². The average molecular weight is 423 g/mol. The van der Waals surface area contributed by atoms with Gasteiger partial charge in [0.15, 0.2) is 0 Å². The molecular weight excluding hydrogens is 392 g/mol. The number of carbonyl (C=O) groups excluding carboxylic acids is 2. The number of benzene rings is 2. The van der Waals surface area contributed by atoms with Gasteiger partial charge in [0.25, 0.3) is 5.91 Å². The summed E-state index contributed by atoms with van der Waals surface area (Å²) in [6.45, 7) is 2.93. The van der Waals surface area contributed by atoms with Crippen molar-refractivity contribution in [3.8, 4) is 5.75 Å². The molecule has 164 valence electrons. The van der Waals surface area contributed by atoms with Crippen molar-refractivity contribution in [1.82, 2.24) is 10.2 Å². The summed E-state index contributed by atoms with van der Waals surface area (Å²) in [7, 11) is 2.04. The number of rotatable bonds is 4. The van der Waals surface area contributed by atoms with E-state index in [1.807, 2.05) is 49.5 Å². The van der Waals surface area contributed by atoms with Crippen molar-refractivity contribution in [2.24, 2.45) is 0 Å². The van der Waals surface area contributed by atoms with Crippen molar-refractivity contribution in [3.05, 3.63) is 65.7 Å². The Morgan fingerprint density at radius 2 is 1.90 bits per heavy atom. The second-order valence-electron chi connectivity index (χ2n) is 8.99. The van der Waals surface area contributed by atoms with Gasteiger partial charge in [-0.3, -0.25) is 9.59 Å². The van der Waals surface area contributed by atoms with Crippen LogP contribution >= 0.6 is 0 Å². The molecule has 6 heteroatoms. The molecule has 2 aromatic carbocycles. The molecular formula is C25H30N2O4. The second kappa shape index (κ2) is 8.35. The highest BCUT2D eigenvalue weighted by molar-refractivity contribution is 5.94. The molecule has 2 aromatic rings. The van der Waals surface area contributed by atoms with Crippen LogP contribution in [0, 0.1) is 0 Å². The van der Waals surface area contributed by atoms with Crippen LogP contribution in [-0.4, -0.2) is 53.7 Å². The number of esters is 1. The molecule has 31 heavy (non-hydrogen) atoms. The van der Waals surface area contributed by atoms with Crippen LogP contribution in [-0.2, 0) is 14.9 Å². The zero-order chi connectivity index (χ0) is 22.1. The number of aromatic hydroxyl groups is 1. The maximum absolute atomic E-state index is 12.8. The van der Waals surface area contributed by atoms with E-state index in [1.54, 1.807) is 12.1 Å². The van der Waals surface area contributed by atoms with Crippen LogP contribution in [0.4, 0.5) is 0 Å². The fourth-order valence-electron chi connectivity index (χ4n) is 5.58. The van der Waals surface area contributed by atoms with E-state index in [9.17, 15) is 14.7 Å². The van der Waals surface area contributed by atoms with Gasteiger partial charge in [0.05, 0.1) is 0 Å². The van der Waals surface area contributed by atoms with Gasteiger partial charge in [0, 0.05) is 30.5 Å². The Hall–Kier alpha value is -2.86. The third-order valence-electron chi connectivity index (χ3n) is 6.92. The van der Waals surface area contributed by atoms with Gasteiger partial charge >= 0.3 is 5.97 Å². The standard InChI is InChI=1S/C25H30N2O4/c1-18(28)31-25-12-11-21(26-23(30)19-7-4-3-5-8-19)16-24(25,13-14-27(2)17-25)20-9-6-10-22(29)15-20/h3-10,15,21,29H,11-14,16-17H2,1-2H3,(H,26,30)/t21-,24?,25?/m1/s1. The monoisotopic (exact) mass is 422 g/mol. The zero-order valence-corrected chi connectivity index (χ0v) is 18.1. The molecule has 1 aliphatic carbocycles. The predicted molar refractivity (Wildman–Crippen MR) is 118 cm³/mol. The maximum atomic E-state index is 12.8. The molecule has 1 saturated carbocycles. The fourth-order valence-corrected chi connectivity index (χ4v) is 5.58. The Morgan fingerprint density at radius 1 is 1.13 bits per heavy atom. The highest BCUT2D eigenvalue weighted by Gasteiger charge is 2.60. The quantitative estimate of drug-likeness (QED) is 0.740. The van der Waals surface area contributed by atoms with Crippen molar-refractivity contribution in [2.75, 3.05) is 20.1 Å². The topological polar surface area (TPSA) is 78.9 Å². The SMILES string of the molecule is CC(=O)OC12CC[C@@H](NC(=O)c3ccccc3)CC1(c1cccc(O)c1)CCN(C)C2. The van der Waals surface area contributed by atoms with Crippen LogP contribution in [0.25, 0.3) is 0 Å². The number of nitrogens with one attached hydrogen (secondary N) is 1. The van der Waals surface area contributed by atoms with E-state index in [0.717, 1.165) is 24.9 Å². The molecule has 0 bridgehead atoms. The van der Waals surface area contributed by atoms with Gasteiger partial charge in [0.2, 0.25) is 0 Å². The van der Waals surface area contributed by atoms with Gasteiger partial charge in [-0.05, 0) is 69.1 Å². The van der Waals surface area contributed by atoms with Gasteiger partial charge in [-0.25, -0.2) is 0 Å². The van der Waals surface area contributed by atoms with Gasteiger partial charge in [-0.1, -0.05) is 30.3 Å². The number of ether oxygens (including phenoxy) is 1. The van der Waals surface area contributed by atoms with E-state index in [4.69, 9.17) is 4.74 Å². The molecule has 1 saturated heterocycles. The molecule has 0 radical (unpaired) electrons. The van der Waals surface area contributed by atoms with E-state index >= 15 is 0 Å².